The average Bonchev–Trinajstić information content (AvgIpc) is 2.63. The highest BCUT2D eigenvalue weighted by Gasteiger charge is 2.04. The fourth-order valence-electron chi connectivity index (χ4n) is 2.15. The Balaban J connectivity index is 1.65. The van der Waals surface area contributed by atoms with Crippen molar-refractivity contribution in [1.82, 2.24) is 0 Å². The standard InChI is InChI=1S/C20H24O4/c1-3-7-17-10-11-19(20(16-17)21-2)24-15-13-22-12-14-23-18-8-5-4-6-9-18/h3-11,16H,12-15H2,1-2H3/b7-3+. The van der Waals surface area contributed by atoms with Gasteiger partial charge in [-0.15, -0.1) is 0 Å². The third-order valence-corrected chi connectivity index (χ3v) is 3.27. The van der Waals surface area contributed by atoms with Gasteiger partial charge in [0, 0.05) is 0 Å². The topological polar surface area (TPSA) is 36.9 Å². The van der Waals surface area contributed by atoms with Crippen LogP contribution in [-0.2, 0) is 4.74 Å². The molecule has 0 fully saturated rings. The van der Waals surface area contributed by atoms with Crippen LogP contribution >= 0.6 is 0 Å². The quantitative estimate of drug-likeness (QED) is 0.613. The van der Waals surface area contributed by atoms with Crippen LogP contribution < -0.4 is 14.2 Å². The summed E-state index contributed by atoms with van der Waals surface area (Å²) in [6, 6.07) is 15.5. The van der Waals surface area contributed by atoms with Crippen LogP contribution in [0.15, 0.2) is 54.6 Å². The summed E-state index contributed by atoms with van der Waals surface area (Å²) in [6.07, 6.45) is 4.00. The summed E-state index contributed by atoms with van der Waals surface area (Å²) in [6.45, 7) is 3.99. The Hall–Kier alpha value is -2.46. The molecule has 0 aliphatic rings. The molecule has 0 heterocycles. The zero-order chi connectivity index (χ0) is 17.0. The number of hydrogen-bond donors (Lipinski definition) is 0. The Kier molecular flexibility index (Phi) is 7.71. The number of allylic oxidation sites excluding steroid dienone is 1. The van der Waals surface area contributed by atoms with E-state index >= 15 is 0 Å². The maximum Gasteiger partial charge on any atom is 0.161 e. The zero-order valence-electron chi connectivity index (χ0n) is 14.2. The van der Waals surface area contributed by atoms with Gasteiger partial charge < -0.3 is 18.9 Å². The first-order chi connectivity index (χ1) is 11.8. The molecule has 0 spiro atoms. The van der Waals surface area contributed by atoms with Crippen LogP contribution in [0.4, 0.5) is 0 Å². The van der Waals surface area contributed by atoms with E-state index in [9.17, 15) is 0 Å². The minimum absolute atomic E-state index is 0.463. The molecular weight excluding hydrogens is 304 g/mol. The highest BCUT2D eigenvalue weighted by atomic mass is 16.6. The molecule has 0 bridgehead atoms. The zero-order valence-corrected chi connectivity index (χ0v) is 14.2. The fourth-order valence-corrected chi connectivity index (χ4v) is 2.15. The molecule has 0 N–H and O–H groups in total. The van der Waals surface area contributed by atoms with E-state index in [-0.39, 0.29) is 0 Å². The van der Waals surface area contributed by atoms with Crippen LogP contribution in [0.1, 0.15) is 12.5 Å². The fraction of sp³-hybridized carbons (Fsp3) is 0.300. The molecule has 0 aliphatic heterocycles. The molecular formula is C20H24O4. The second-order valence-electron chi connectivity index (χ2n) is 5.03. The van der Waals surface area contributed by atoms with Crippen molar-refractivity contribution < 1.29 is 18.9 Å². The first kappa shape index (κ1) is 17.9. The Labute approximate surface area is 143 Å². The van der Waals surface area contributed by atoms with E-state index in [1.165, 1.54) is 0 Å². The summed E-state index contributed by atoms with van der Waals surface area (Å²) in [4.78, 5) is 0. The predicted octanol–water partition coefficient (Wildman–Crippen LogP) is 4.20. The molecule has 0 radical (unpaired) electrons. The molecule has 24 heavy (non-hydrogen) atoms. The Bertz CT molecular complexity index is 623. The summed E-state index contributed by atoms with van der Waals surface area (Å²) < 4.78 is 22.1. The monoisotopic (exact) mass is 328 g/mol. The van der Waals surface area contributed by atoms with Crippen LogP contribution in [0.5, 0.6) is 17.2 Å². The second-order valence-corrected chi connectivity index (χ2v) is 5.03. The Morgan fingerprint density at radius 3 is 2.29 bits per heavy atom. The SMILES string of the molecule is C/C=C/c1ccc(OCCOCCOc2ccccc2)c(OC)c1. The molecule has 2 aromatic rings. The maximum atomic E-state index is 5.71. The molecule has 4 heteroatoms. The third-order valence-electron chi connectivity index (χ3n) is 3.27. The molecule has 2 rings (SSSR count). The molecule has 0 saturated heterocycles. The summed E-state index contributed by atoms with van der Waals surface area (Å²) in [7, 11) is 1.64. The van der Waals surface area contributed by atoms with Gasteiger partial charge in [-0.05, 0) is 36.8 Å². The largest absolute Gasteiger partial charge is 0.493 e. The van der Waals surface area contributed by atoms with Crippen LogP contribution in [0.3, 0.4) is 0 Å². The van der Waals surface area contributed by atoms with Gasteiger partial charge in [-0.2, -0.15) is 0 Å². The number of rotatable bonds is 10. The highest BCUT2D eigenvalue weighted by Crippen LogP contribution is 2.28. The second kappa shape index (κ2) is 10.3. The minimum atomic E-state index is 0.463. The van der Waals surface area contributed by atoms with E-state index in [1.807, 2.05) is 67.6 Å². The van der Waals surface area contributed by atoms with E-state index in [0.29, 0.717) is 26.4 Å². The smallest absolute Gasteiger partial charge is 0.161 e. The summed E-state index contributed by atoms with van der Waals surface area (Å²) in [5.41, 5.74) is 1.08. The van der Waals surface area contributed by atoms with Gasteiger partial charge in [0.25, 0.3) is 0 Å². The van der Waals surface area contributed by atoms with Crippen molar-refractivity contribution in [3.8, 4) is 17.2 Å². The van der Waals surface area contributed by atoms with Gasteiger partial charge in [-0.1, -0.05) is 36.4 Å². The van der Waals surface area contributed by atoms with Crippen molar-refractivity contribution in [2.45, 2.75) is 6.92 Å². The predicted molar refractivity (Wildman–Crippen MR) is 96.0 cm³/mol. The van der Waals surface area contributed by atoms with Crippen molar-refractivity contribution in [3.05, 3.63) is 60.2 Å². The van der Waals surface area contributed by atoms with E-state index in [1.54, 1.807) is 7.11 Å². The van der Waals surface area contributed by atoms with Crippen molar-refractivity contribution >= 4 is 6.08 Å². The van der Waals surface area contributed by atoms with Crippen LogP contribution in [0.25, 0.3) is 6.08 Å². The molecule has 128 valence electrons. The average molecular weight is 328 g/mol. The normalized spacial score (nSPS) is 10.8. The summed E-state index contributed by atoms with van der Waals surface area (Å²) in [5, 5.41) is 0. The van der Waals surface area contributed by atoms with Crippen molar-refractivity contribution in [1.29, 1.82) is 0 Å². The number of hydrogen-bond acceptors (Lipinski definition) is 4. The molecule has 0 saturated carbocycles. The molecule has 0 amide bonds. The highest BCUT2D eigenvalue weighted by molar-refractivity contribution is 5.55. The van der Waals surface area contributed by atoms with Gasteiger partial charge >= 0.3 is 0 Å². The Morgan fingerprint density at radius 1 is 0.833 bits per heavy atom. The van der Waals surface area contributed by atoms with E-state index in [2.05, 4.69) is 0 Å². The van der Waals surface area contributed by atoms with Gasteiger partial charge in [-0.25, -0.2) is 0 Å². The molecule has 0 aromatic heterocycles. The molecule has 2 aromatic carbocycles. The van der Waals surface area contributed by atoms with Crippen molar-refractivity contribution in [2.24, 2.45) is 0 Å². The summed E-state index contributed by atoms with van der Waals surface area (Å²) in [5.74, 6) is 2.29. The van der Waals surface area contributed by atoms with Gasteiger partial charge in [0.15, 0.2) is 11.5 Å². The lowest BCUT2D eigenvalue weighted by Gasteiger charge is -2.12. The Morgan fingerprint density at radius 2 is 1.58 bits per heavy atom. The summed E-state index contributed by atoms with van der Waals surface area (Å²) >= 11 is 0. The lowest BCUT2D eigenvalue weighted by Crippen LogP contribution is -2.12. The number of ether oxygens (including phenoxy) is 4. The molecule has 4 nitrogen and oxygen atoms in total. The third kappa shape index (κ3) is 5.97. The first-order valence-corrected chi connectivity index (χ1v) is 8.02. The molecule has 0 atom stereocenters. The number of benzene rings is 2. The van der Waals surface area contributed by atoms with Crippen LogP contribution in [-0.4, -0.2) is 33.5 Å². The van der Waals surface area contributed by atoms with E-state index in [0.717, 1.165) is 22.8 Å². The van der Waals surface area contributed by atoms with Crippen LogP contribution in [0, 0.1) is 0 Å². The number of para-hydroxylation sites is 1. The van der Waals surface area contributed by atoms with Gasteiger partial charge in [0.2, 0.25) is 0 Å². The van der Waals surface area contributed by atoms with Gasteiger partial charge in [0.1, 0.15) is 19.0 Å². The van der Waals surface area contributed by atoms with Crippen molar-refractivity contribution in [3.63, 3.8) is 0 Å². The first-order valence-electron chi connectivity index (χ1n) is 8.02. The van der Waals surface area contributed by atoms with E-state index in [4.69, 9.17) is 18.9 Å². The lowest BCUT2D eigenvalue weighted by molar-refractivity contribution is 0.0757. The molecule has 0 unspecified atom stereocenters. The van der Waals surface area contributed by atoms with Crippen LogP contribution in [0.2, 0.25) is 0 Å². The minimum Gasteiger partial charge on any atom is -0.493 e. The van der Waals surface area contributed by atoms with Crippen molar-refractivity contribution in [2.75, 3.05) is 33.5 Å². The maximum absolute atomic E-state index is 5.71. The molecule has 0 aliphatic carbocycles. The van der Waals surface area contributed by atoms with Gasteiger partial charge in [-0.3, -0.25) is 0 Å². The lowest BCUT2D eigenvalue weighted by atomic mass is 10.2. The number of methoxy groups -OCH3 is 1. The van der Waals surface area contributed by atoms with E-state index < -0.39 is 0 Å². The van der Waals surface area contributed by atoms with Gasteiger partial charge in [0.05, 0.1) is 20.3 Å².